The van der Waals surface area contributed by atoms with Crippen LogP contribution < -0.4 is 11.5 Å². The lowest BCUT2D eigenvalue weighted by Crippen LogP contribution is -2.38. The highest BCUT2D eigenvalue weighted by Crippen LogP contribution is 2.30. The Balaban J connectivity index is 2.52. The van der Waals surface area contributed by atoms with E-state index in [1.807, 2.05) is 0 Å². The Kier molecular flexibility index (Phi) is 3.04. The van der Waals surface area contributed by atoms with Crippen LogP contribution in [0.25, 0.3) is 0 Å². The fourth-order valence-electron chi connectivity index (χ4n) is 1.97. The number of carbonyl (C=O) groups excluding carboxylic acids is 1. The summed E-state index contributed by atoms with van der Waals surface area (Å²) in [7, 11) is 0. The van der Waals surface area contributed by atoms with Crippen molar-refractivity contribution in [3.05, 3.63) is 35.1 Å². The molecule has 0 aromatic heterocycles. The zero-order chi connectivity index (χ0) is 13.3. The third-order valence-electron chi connectivity index (χ3n) is 2.85. The summed E-state index contributed by atoms with van der Waals surface area (Å²) in [6.45, 7) is 2.13. The number of primary amides is 1. The minimum atomic E-state index is -0.933. The van der Waals surface area contributed by atoms with Crippen LogP contribution >= 0.6 is 0 Å². The molecule has 1 heterocycles. The Hall–Kier alpha value is -1.95. The van der Waals surface area contributed by atoms with E-state index >= 15 is 0 Å². The topological polar surface area (TPSA) is 90.7 Å². The fraction of sp³-hybridized carbons (Fsp3) is 0.333. The third kappa shape index (κ3) is 2.19. The van der Waals surface area contributed by atoms with Gasteiger partial charge in [-0.2, -0.15) is 0 Å². The molecule has 1 amide bonds. The first-order valence-electron chi connectivity index (χ1n) is 5.44. The van der Waals surface area contributed by atoms with Crippen LogP contribution in [0.2, 0.25) is 0 Å². The first kappa shape index (κ1) is 12.5. The van der Waals surface area contributed by atoms with Crippen molar-refractivity contribution in [3.63, 3.8) is 0 Å². The van der Waals surface area contributed by atoms with Crippen molar-refractivity contribution in [2.45, 2.75) is 12.5 Å². The first-order chi connectivity index (χ1) is 8.42. The quantitative estimate of drug-likeness (QED) is 0.803. The van der Waals surface area contributed by atoms with Gasteiger partial charge >= 0.3 is 0 Å². The Morgan fingerprint density at radius 3 is 2.89 bits per heavy atom. The van der Waals surface area contributed by atoms with E-state index in [0.29, 0.717) is 5.84 Å². The van der Waals surface area contributed by atoms with Crippen LogP contribution in [0.15, 0.2) is 23.2 Å². The number of amides is 1. The average molecular weight is 251 g/mol. The number of hydrogen-bond donors (Lipinski definition) is 2. The molecule has 4 N–H and O–H groups in total. The second kappa shape index (κ2) is 4.38. The number of aliphatic imine (C=N–C) groups is 1. The molecule has 1 aromatic carbocycles. The zero-order valence-corrected chi connectivity index (χ0v) is 9.94. The Morgan fingerprint density at radius 2 is 2.28 bits per heavy atom. The molecule has 1 aromatic rings. The molecule has 0 aliphatic carbocycles. The number of amidine groups is 1. The summed E-state index contributed by atoms with van der Waals surface area (Å²) in [6, 6.07) is 3.92. The van der Waals surface area contributed by atoms with Crippen molar-refractivity contribution in [3.8, 4) is 0 Å². The highest BCUT2D eigenvalue weighted by molar-refractivity contribution is 5.93. The van der Waals surface area contributed by atoms with E-state index in [9.17, 15) is 9.18 Å². The monoisotopic (exact) mass is 251 g/mol. The summed E-state index contributed by atoms with van der Waals surface area (Å²) in [5.74, 6) is -0.786. The number of hydrogen-bond acceptors (Lipinski definition) is 4. The molecule has 0 bridgehead atoms. The lowest BCUT2D eigenvalue weighted by molar-refractivity contribution is 0.0995. The number of benzene rings is 1. The number of ether oxygens (including phenoxy) is 1. The second-order valence-corrected chi connectivity index (χ2v) is 4.43. The third-order valence-corrected chi connectivity index (χ3v) is 2.85. The summed E-state index contributed by atoms with van der Waals surface area (Å²) in [6.07, 6.45) is 0. The molecule has 0 radical (unpaired) electrons. The SMILES string of the molecule is C[C@]1(c2cc(C(N)=O)ccc2F)COCC(N)=N1. The minimum absolute atomic E-state index is 0.201. The first-order valence-corrected chi connectivity index (χ1v) is 5.44. The second-order valence-electron chi connectivity index (χ2n) is 4.43. The van der Waals surface area contributed by atoms with Gasteiger partial charge in [0.1, 0.15) is 23.8 Å². The largest absolute Gasteiger partial charge is 0.386 e. The Bertz CT molecular complexity index is 530. The van der Waals surface area contributed by atoms with E-state index in [0.717, 1.165) is 0 Å². The maximum atomic E-state index is 13.9. The van der Waals surface area contributed by atoms with Gasteiger partial charge in [0, 0.05) is 11.1 Å². The number of carbonyl (C=O) groups is 1. The standard InChI is InChI=1S/C12H14FN3O2/c1-12(6-18-5-10(14)16-12)8-4-7(11(15)17)2-3-9(8)13/h2-4H,5-6H2,1H3,(H2,14,16)(H2,15,17)/t12-/m1/s1. The van der Waals surface area contributed by atoms with E-state index < -0.39 is 17.3 Å². The van der Waals surface area contributed by atoms with Crippen molar-refractivity contribution in [2.75, 3.05) is 13.2 Å². The molecule has 0 spiro atoms. The summed E-state index contributed by atoms with van der Waals surface area (Å²) in [4.78, 5) is 15.3. The fourth-order valence-corrected chi connectivity index (χ4v) is 1.97. The van der Waals surface area contributed by atoms with Crippen molar-refractivity contribution >= 4 is 11.7 Å². The molecule has 1 aliphatic heterocycles. The summed E-state index contributed by atoms with van der Waals surface area (Å²) in [5.41, 5.74) is 10.3. The van der Waals surface area contributed by atoms with E-state index in [1.165, 1.54) is 18.2 Å². The highest BCUT2D eigenvalue weighted by atomic mass is 19.1. The smallest absolute Gasteiger partial charge is 0.248 e. The van der Waals surface area contributed by atoms with Gasteiger partial charge in [-0.15, -0.1) is 0 Å². The highest BCUT2D eigenvalue weighted by Gasteiger charge is 2.33. The lowest BCUT2D eigenvalue weighted by Gasteiger charge is -2.30. The van der Waals surface area contributed by atoms with Crippen LogP contribution in [-0.4, -0.2) is 25.0 Å². The van der Waals surface area contributed by atoms with Crippen LogP contribution in [0.1, 0.15) is 22.8 Å². The zero-order valence-electron chi connectivity index (χ0n) is 9.94. The number of nitrogens with zero attached hydrogens (tertiary/aromatic N) is 1. The van der Waals surface area contributed by atoms with Gasteiger partial charge in [0.25, 0.3) is 0 Å². The molecule has 1 aliphatic rings. The van der Waals surface area contributed by atoms with Crippen LogP contribution in [0.5, 0.6) is 0 Å². The van der Waals surface area contributed by atoms with Crippen molar-refractivity contribution in [1.29, 1.82) is 0 Å². The minimum Gasteiger partial charge on any atom is -0.386 e. The van der Waals surface area contributed by atoms with Crippen LogP contribution in [0.3, 0.4) is 0 Å². The molecular weight excluding hydrogens is 237 g/mol. The molecule has 6 heteroatoms. The molecule has 18 heavy (non-hydrogen) atoms. The van der Waals surface area contributed by atoms with Gasteiger partial charge < -0.3 is 16.2 Å². The normalized spacial score (nSPS) is 23.6. The summed E-state index contributed by atoms with van der Waals surface area (Å²) in [5, 5.41) is 0. The molecule has 96 valence electrons. The van der Waals surface area contributed by atoms with Gasteiger partial charge in [0.05, 0.1) is 6.61 Å². The lowest BCUT2D eigenvalue weighted by atomic mass is 9.91. The predicted molar refractivity (Wildman–Crippen MR) is 64.7 cm³/mol. The van der Waals surface area contributed by atoms with E-state index in [4.69, 9.17) is 16.2 Å². The average Bonchev–Trinajstić information content (AvgIpc) is 2.28. The number of nitrogens with two attached hydrogens (primary N) is 2. The van der Waals surface area contributed by atoms with Gasteiger partial charge in [-0.1, -0.05) is 0 Å². The molecule has 1 atom stereocenters. The molecule has 0 saturated carbocycles. The Morgan fingerprint density at radius 1 is 1.56 bits per heavy atom. The predicted octanol–water partition coefficient (Wildman–Crippen LogP) is 0.527. The molecule has 0 unspecified atom stereocenters. The molecule has 0 fully saturated rings. The van der Waals surface area contributed by atoms with Gasteiger partial charge in [-0.25, -0.2) is 4.39 Å². The molecule has 0 saturated heterocycles. The summed E-state index contributed by atoms with van der Waals surface area (Å²) < 4.78 is 19.1. The van der Waals surface area contributed by atoms with Crippen molar-refractivity contribution in [2.24, 2.45) is 16.5 Å². The molecule has 5 nitrogen and oxygen atoms in total. The van der Waals surface area contributed by atoms with Gasteiger partial charge in [0.2, 0.25) is 5.91 Å². The van der Waals surface area contributed by atoms with Gasteiger partial charge in [-0.3, -0.25) is 9.79 Å². The van der Waals surface area contributed by atoms with Crippen molar-refractivity contribution < 1.29 is 13.9 Å². The number of rotatable bonds is 2. The van der Waals surface area contributed by atoms with Crippen LogP contribution in [0, 0.1) is 5.82 Å². The summed E-state index contributed by atoms with van der Waals surface area (Å²) >= 11 is 0. The maximum absolute atomic E-state index is 13.9. The molecule has 2 rings (SSSR count). The Labute approximate surface area is 104 Å². The van der Waals surface area contributed by atoms with E-state index in [2.05, 4.69) is 4.99 Å². The van der Waals surface area contributed by atoms with Crippen LogP contribution in [-0.2, 0) is 10.3 Å². The van der Waals surface area contributed by atoms with E-state index in [-0.39, 0.29) is 24.3 Å². The maximum Gasteiger partial charge on any atom is 0.248 e. The van der Waals surface area contributed by atoms with Crippen molar-refractivity contribution in [1.82, 2.24) is 0 Å². The van der Waals surface area contributed by atoms with Gasteiger partial charge in [-0.05, 0) is 25.1 Å². The number of halogens is 1. The molecular formula is C12H14FN3O2. The van der Waals surface area contributed by atoms with E-state index in [1.54, 1.807) is 6.92 Å². The van der Waals surface area contributed by atoms with Crippen LogP contribution in [0.4, 0.5) is 4.39 Å². The van der Waals surface area contributed by atoms with Gasteiger partial charge in [0.15, 0.2) is 0 Å².